The summed E-state index contributed by atoms with van der Waals surface area (Å²) in [4.78, 5) is 16.8. The van der Waals surface area contributed by atoms with E-state index in [0.717, 1.165) is 22.8 Å². The number of rotatable bonds is 6. The van der Waals surface area contributed by atoms with Crippen molar-refractivity contribution in [1.29, 1.82) is 5.26 Å². The zero-order chi connectivity index (χ0) is 31.3. The van der Waals surface area contributed by atoms with Crippen molar-refractivity contribution in [1.82, 2.24) is 9.55 Å². The molecule has 0 unspecified atom stereocenters. The summed E-state index contributed by atoms with van der Waals surface area (Å²) in [6.07, 6.45) is 0. The normalized spacial score (nSPS) is 14.9. The number of aromatic nitrogens is 2. The minimum Gasteiger partial charge on any atom is -0.282 e. The van der Waals surface area contributed by atoms with Crippen LogP contribution in [-0.4, -0.2) is 47.1 Å². The predicted molar refractivity (Wildman–Crippen MR) is 156 cm³/mol. The Morgan fingerprint density at radius 2 is 1.56 bits per heavy atom. The van der Waals surface area contributed by atoms with Gasteiger partial charge in [0, 0.05) is 5.57 Å². The maximum absolute atomic E-state index is 13.5. The summed E-state index contributed by atoms with van der Waals surface area (Å²) >= 11 is 12.2. The van der Waals surface area contributed by atoms with Crippen LogP contribution in [0.3, 0.4) is 0 Å². The van der Waals surface area contributed by atoms with Crippen LogP contribution in [0.1, 0.15) is 17.5 Å². The zero-order valence-corrected chi connectivity index (χ0v) is 24.5. The first kappa shape index (κ1) is 30.0. The Balaban J connectivity index is 1.50. The number of fused-ring (bicyclic) bond motifs is 3. The van der Waals surface area contributed by atoms with E-state index in [0.29, 0.717) is 5.52 Å². The van der Waals surface area contributed by atoms with E-state index in [1.165, 1.54) is 43.3 Å². The second-order valence-electron chi connectivity index (χ2n) is 8.84. The summed E-state index contributed by atoms with van der Waals surface area (Å²) in [5.41, 5.74) is 2.89. The van der Waals surface area contributed by atoms with E-state index in [9.17, 15) is 31.4 Å². The van der Waals surface area contributed by atoms with E-state index >= 15 is 0 Å². The van der Waals surface area contributed by atoms with Crippen LogP contribution in [0.15, 0.2) is 85.3 Å². The van der Waals surface area contributed by atoms with Crippen LogP contribution >= 0.6 is 23.2 Å². The number of anilines is 1. The topological polar surface area (TPSA) is 217 Å². The van der Waals surface area contributed by atoms with Crippen molar-refractivity contribution in [2.24, 2.45) is 15.3 Å². The number of azo groups is 1. The highest BCUT2D eigenvalue weighted by Gasteiger charge is 2.33. The Bertz CT molecular complexity index is 2220. The largest absolute Gasteiger partial charge is 0.296 e. The molecule has 1 aliphatic rings. The minimum absolute atomic E-state index is 0.0219. The Morgan fingerprint density at radius 1 is 0.930 bits per heavy atom. The molecule has 5 rings (SSSR count). The van der Waals surface area contributed by atoms with Gasteiger partial charge < -0.3 is 0 Å². The third-order valence-electron chi connectivity index (χ3n) is 6.11. The van der Waals surface area contributed by atoms with Crippen molar-refractivity contribution >= 4 is 88.7 Å². The number of carbonyl (C=O) groups is 1. The van der Waals surface area contributed by atoms with Gasteiger partial charge in [-0.1, -0.05) is 23.2 Å². The summed E-state index contributed by atoms with van der Waals surface area (Å²) in [6, 6.07) is 13.1. The van der Waals surface area contributed by atoms with Crippen LogP contribution in [0.25, 0.3) is 16.6 Å². The van der Waals surface area contributed by atoms with Gasteiger partial charge >= 0.3 is 0 Å². The van der Waals surface area contributed by atoms with Gasteiger partial charge in [0.15, 0.2) is 11.5 Å². The van der Waals surface area contributed by atoms with Crippen LogP contribution in [0.2, 0.25) is 10.0 Å². The SMILES string of the molecule is CC1=C(C#N)c2nc3cc(Cl)c(Cl)cc3n2C(=O)/C1=N/Nc1ccc(/N=N/c2ccc(S(=O)(=O)O)cc2)cc1S(=O)(=O)O. The molecule has 18 heteroatoms. The van der Waals surface area contributed by atoms with E-state index in [1.54, 1.807) is 0 Å². The number of nitrogens with zero attached hydrogens (tertiary/aromatic N) is 6. The van der Waals surface area contributed by atoms with Crippen molar-refractivity contribution in [3.63, 3.8) is 0 Å². The molecule has 0 saturated heterocycles. The molecule has 1 aliphatic heterocycles. The number of hydrogen-bond acceptors (Lipinski definition) is 11. The van der Waals surface area contributed by atoms with Crippen LogP contribution in [0.4, 0.5) is 17.1 Å². The molecule has 0 aliphatic carbocycles. The number of halogens is 2. The average molecular weight is 660 g/mol. The second kappa shape index (κ2) is 11.0. The van der Waals surface area contributed by atoms with Gasteiger partial charge in [0.2, 0.25) is 0 Å². The fourth-order valence-electron chi connectivity index (χ4n) is 4.06. The number of imidazole rings is 1. The van der Waals surface area contributed by atoms with Crippen molar-refractivity contribution in [2.75, 3.05) is 5.43 Å². The lowest BCUT2D eigenvalue weighted by Crippen LogP contribution is -2.30. The van der Waals surface area contributed by atoms with Crippen molar-refractivity contribution in [2.45, 2.75) is 16.7 Å². The summed E-state index contributed by atoms with van der Waals surface area (Å²) < 4.78 is 66.8. The average Bonchev–Trinajstić information content (AvgIpc) is 3.29. The Morgan fingerprint density at radius 3 is 2.19 bits per heavy atom. The van der Waals surface area contributed by atoms with E-state index < -0.39 is 31.0 Å². The monoisotopic (exact) mass is 659 g/mol. The maximum atomic E-state index is 13.5. The first-order valence-electron chi connectivity index (χ1n) is 11.7. The molecule has 4 aromatic rings. The third kappa shape index (κ3) is 5.77. The zero-order valence-electron chi connectivity index (χ0n) is 21.4. The lowest BCUT2D eigenvalue weighted by atomic mass is 10.0. The van der Waals surface area contributed by atoms with Crippen LogP contribution in [-0.2, 0) is 20.2 Å². The molecule has 3 aromatic carbocycles. The molecule has 0 spiro atoms. The highest BCUT2D eigenvalue weighted by Crippen LogP contribution is 2.34. The fourth-order valence-corrected chi connectivity index (χ4v) is 5.52. The molecule has 218 valence electrons. The standard InChI is InChI=1S/C25H15Cl2N7O7S2/c1-12-16(11-28)24-29-20-9-17(26)18(27)10-21(20)34(24)25(35)23(12)33-32-19-7-4-14(8-22(19)43(39,40)41)31-30-13-2-5-15(6-3-13)42(36,37)38/h2-10,32H,1H3,(H,36,37,38)(H,39,40,41)/b31-30+,33-23+. The summed E-state index contributed by atoms with van der Waals surface area (Å²) in [5, 5.41) is 22.0. The molecular weight excluding hydrogens is 645 g/mol. The molecule has 0 atom stereocenters. The molecule has 0 saturated carbocycles. The van der Waals surface area contributed by atoms with Crippen molar-refractivity contribution in [3.05, 3.63) is 76.0 Å². The number of benzene rings is 3. The molecule has 0 amide bonds. The first-order valence-corrected chi connectivity index (χ1v) is 15.3. The van der Waals surface area contributed by atoms with Gasteiger partial charge in [-0.2, -0.15) is 37.4 Å². The van der Waals surface area contributed by atoms with E-state index in [1.807, 2.05) is 6.07 Å². The number of nitriles is 1. The fraction of sp³-hybridized carbons (Fsp3) is 0.0400. The van der Waals surface area contributed by atoms with Gasteiger partial charge in [-0.25, -0.2) is 4.98 Å². The van der Waals surface area contributed by atoms with Gasteiger partial charge in [0.1, 0.15) is 16.5 Å². The predicted octanol–water partition coefficient (Wildman–Crippen LogP) is 5.67. The van der Waals surface area contributed by atoms with E-state index in [4.69, 9.17) is 27.8 Å². The lowest BCUT2D eigenvalue weighted by Gasteiger charge is -2.17. The van der Waals surface area contributed by atoms with E-state index in [-0.39, 0.29) is 60.2 Å². The number of hydrazone groups is 1. The molecule has 0 fully saturated rings. The molecular formula is C25H15Cl2N7O7S2. The van der Waals surface area contributed by atoms with Gasteiger partial charge in [-0.15, -0.1) is 0 Å². The van der Waals surface area contributed by atoms with E-state index in [2.05, 4.69) is 25.7 Å². The highest BCUT2D eigenvalue weighted by atomic mass is 35.5. The Kier molecular flexibility index (Phi) is 7.64. The smallest absolute Gasteiger partial charge is 0.282 e. The number of hydrogen-bond donors (Lipinski definition) is 3. The van der Waals surface area contributed by atoms with Gasteiger partial charge in [0.25, 0.3) is 26.1 Å². The number of nitrogens with one attached hydrogen (secondary N) is 1. The summed E-state index contributed by atoms with van der Waals surface area (Å²) in [5.74, 6) is -0.642. The van der Waals surface area contributed by atoms with Crippen molar-refractivity contribution < 1.29 is 30.7 Å². The summed E-state index contributed by atoms with van der Waals surface area (Å²) in [7, 11) is -9.26. The van der Waals surface area contributed by atoms with Crippen LogP contribution < -0.4 is 5.43 Å². The quantitative estimate of drug-likeness (QED) is 0.131. The van der Waals surface area contributed by atoms with Crippen LogP contribution in [0.5, 0.6) is 0 Å². The Hall–Kier alpha value is -4.50. The Labute approximate surface area is 253 Å². The molecule has 43 heavy (non-hydrogen) atoms. The molecule has 14 nitrogen and oxygen atoms in total. The summed E-state index contributed by atoms with van der Waals surface area (Å²) in [6.45, 7) is 1.47. The molecule has 3 N–H and O–H groups in total. The number of carbonyl (C=O) groups excluding carboxylic acids is 1. The third-order valence-corrected chi connectivity index (χ3v) is 8.60. The first-order chi connectivity index (χ1) is 20.2. The van der Waals surface area contributed by atoms with Crippen molar-refractivity contribution in [3.8, 4) is 6.07 Å². The second-order valence-corrected chi connectivity index (χ2v) is 12.5. The van der Waals surface area contributed by atoms with Gasteiger partial charge in [-0.05, 0) is 61.5 Å². The van der Waals surface area contributed by atoms with Gasteiger partial charge in [-0.3, -0.25) is 23.9 Å². The lowest BCUT2D eigenvalue weighted by molar-refractivity contribution is 0.0992. The molecule has 0 radical (unpaired) electrons. The molecule has 0 bridgehead atoms. The number of allylic oxidation sites excluding steroid dienone is 2. The minimum atomic E-state index is -4.85. The maximum Gasteiger partial charge on any atom is 0.296 e. The van der Waals surface area contributed by atoms with Crippen LogP contribution in [0, 0.1) is 11.3 Å². The van der Waals surface area contributed by atoms with Gasteiger partial charge in [0.05, 0.1) is 43.0 Å². The molecule has 2 heterocycles. The molecule has 1 aromatic heterocycles. The highest BCUT2D eigenvalue weighted by molar-refractivity contribution is 7.86.